The number of oxazole rings is 1. The Hall–Kier alpha value is -1.80. The van der Waals surface area contributed by atoms with Crippen LogP contribution in [0.2, 0.25) is 10.0 Å². The summed E-state index contributed by atoms with van der Waals surface area (Å²) in [5.41, 5.74) is 1.90. The number of fused-ring (bicyclic) bond motifs is 1. The van der Waals surface area contributed by atoms with Gasteiger partial charge < -0.3 is 4.42 Å². The van der Waals surface area contributed by atoms with E-state index in [1.807, 2.05) is 6.92 Å². The van der Waals surface area contributed by atoms with Gasteiger partial charge in [0.1, 0.15) is 0 Å². The van der Waals surface area contributed by atoms with E-state index in [4.69, 9.17) is 27.6 Å². The molecule has 0 spiro atoms. The minimum atomic E-state index is -3.83. The third-order valence-corrected chi connectivity index (χ3v) is 6.17. The molecular weight excluding hydrogens is 399 g/mol. The largest absolute Gasteiger partial charge is 0.419 e. The highest BCUT2D eigenvalue weighted by atomic mass is 35.5. The van der Waals surface area contributed by atoms with Crippen LogP contribution < -0.4 is 10.5 Å². The molecule has 1 heterocycles. The Balaban J connectivity index is 1.96. The summed E-state index contributed by atoms with van der Waals surface area (Å²) in [6, 6.07) is 7.84. The molecule has 0 bridgehead atoms. The van der Waals surface area contributed by atoms with Crippen LogP contribution in [0.15, 0.2) is 44.4 Å². The third kappa shape index (κ3) is 3.53. The molecule has 26 heavy (non-hydrogen) atoms. The molecule has 6 nitrogen and oxygen atoms in total. The Morgan fingerprint density at radius 2 is 1.92 bits per heavy atom. The van der Waals surface area contributed by atoms with Crippen LogP contribution in [0.25, 0.3) is 11.1 Å². The maximum Gasteiger partial charge on any atom is 0.419 e. The van der Waals surface area contributed by atoms with Crippen LogP contribution in [-0.4, -0.2) is 13.0 Å². The zero-order valence-corrected chi connectivity index (χ0v) is 16.4. The lowest BCUT2D eigenvalue weighted by molar-refractivity contribution is 0.512. The van der Waals surface area contributed by atoms with Crippen molar-refractivity contribution < 1.29 is 12.8 Å². The van der Waals surface area contributed by atoms with E-state index < -0.39 is 15.8 Å². The number of aryl methyl sites for hydroxylation is 2. The van der Waals surface area contributed by atoms with Crippen molar-refractivity contribution in [3.8, 4) is 0 Å². The van der Waals surface area contributed by atoms with E-state index in [0.29, 0.717) is 33.2 Å². The van der Waals surface area contributed by atoms with E-state index in [0.717, 1.165) is 0 Å². The summed E-state index contributed by atoms with van der Waals surface area (Å²) in [5, 5.41) is 0.844. The zero-order chi connectivity index (χ0) is 19.1. The molecular formula is C17H16Cl2N2O4S. The van der Waals surface area contributed by atoms with Gasteiger partial charge in [0.25, 0.3) is 0 Å². The van der Waals surface area contributed by atoms with Crippen molar-refractivity contribution in [1.82, 2.24) is 9.29 Å². The fourth-order valence-corrected chi connectivity index (χ4v) is 4.42. The maximum absolute atomic E-state index is 12.7. The molecule has 0 saturated carbocycles. The summed E-state index contributed by atoms with van der Waals surface area (Å²) < 4.78 is 34.5. The molecule has 0 aliphatic carbocycles. The van der Waals surface area contributed by atoms with Gasteiger partial charge in [-0.15, -0.1) is 0 Å². The Bertz CT molecular complexity index is 1150. The summed E-state index contributed by atoms with van der Waals surface area (Å²) >= 11 is 11.9. The first-order valence-corrected chi connectivity index (χ1v) is 10.0. The van der Waals surface area contributed by atoms with Crippen molar-refractivity contribution in [2.45, 2.75) is 31.8 Å². The average molecular weight is 415 g/mol. The minimum Gasteiger partial charge on any atom is -0.408 e. The number of halogens is 2. The van der Waals surface area contributed by atoms with Crippen molar-refractivity contribution in [3.05, 3.63) is 62.1 Å². The quantitative estimate of drug-likeness (QED) is 0.689. The van der Waals surface area contributed by atoms with Crippen LogP contribution in [0.1, 0.15) is 18.1 Å². The van der Waals surface area contributed by atoms with Gasteiger partial charge in [0.15, 0.2) is 5.58 Å². The van der Waals surface area contributed by atoms with Crippen LogP contribution in [-0.2, 0) is 23.1 Å². The highest BCUT2D eigenvalue weighted by Gasteiger charge is 2.20. The number of nitrogens with zero attached hydrogens (tertiary/aromatic N) is 1. The number of nitrogens with one attached hydrogen (secondary N) is 1. The first-order chi connectivity index (χ1) is 12.2. The lowest BCUT2D eigenvalue weighted by atomic mass is 10.2. The van der Waals surface area contributed by atoms with E-state index in [1.165, 1.54) is 10.6 Å². The van der Waals surface area contributed by atoms with E-state index >= 15 is 0 Å². The van der Waals surface area contributed by atoms with Gasteiger partial charge in [-0.25, -0.2) is 17.9 Å². The fraction of sp³-hybridized carbons (Fsp3) is 0.235. The minimum absolute atomic E-state index is 0.00966. The lowest BCUT2D eigenvalue weighted by Crippen LogP contribution is -2.24. The number of sulfonamides is 1. The predicted octanol–water partition coefficient (Wildman–Crippen LogP) is 3.71. The van der Waals surface area contributed by atoms with Crippen molar-refractivity contribution in [3.63, 3.8) is 0 Å². The highest BCUT2D eigenvalue weighted by molar-refractivity contribution is 7.89. The van der Waals surface area contributed by atoms with Crippen LogP contribution in [0.3, 0.4) is 0 Å². The van der Waals surface area contributed by atoms with Gasteiger partial charge in [-0.1, -0.05) is 29.3 Å². The molecule has 1 aromatic heterocycles. The van der Waals surface area contributed by atoms with Gasteiger partial charge >= 0.3 is 5.76 Å². The second-order valence-corrected chi connectivity index (χ2v) is 8.34. The maximum atomic E-state index is 12.7. The molecule has 0 unspecified atom stereocenters. The van der Waals surface area contributed by atoms with Gasteiger partial charge in [0.05, 0.1) is 10.4 Å². The Morgan fingerprint density at radius 1 is 1.19 bits per heavy atom. The molecule has 2 aromatic carbocycles. The molecule has 138 valence electrons. The Morgan fingerprint density at radius 3 is 2.58 bits per heavy atom. The molecule has 9 heteroatoms. The number of rotatable bonds is 5. The van der Waals surface area contributed by atoms with E-state index in [1.54, 1.807) is 31.2 Å². The van der Waals surface area contributed by atoms with Crippen LogP contribution in [0.4, 0.5) is 0 Å². The van der Waals surface area contributed by atoms with Crippen molar-refractivity contribution in [1.29, 1.82) is 0 Å². The summed E-state index contributed by atoms with van der Waals surface area (Å²) in [4.78, 5) is 11.9. The summed E-state index contributed by atoms with van der Waals surface area (Å²) in [7, 11) is -3.83. The number of hydrogen-bond acceptors (Lipinski definition) is 4. The molecule has 0 saturated heterocycles. The second-order valence-electron chi connectivity index (χ2n) is 5.76. The zero-order valence-electron chi connectivity index (χ0n) is 14.0. The first-order valence-electron chi connectivity index (χ1n) is 7.80. The molecule has 3 rings (SSSR count). The van der Waals surface area contributed by atoms with Gasteiger partial charge in [-0.3, -0.25) is 4.57 Å². The number of aromatic nitrogens is 1. The molecule has 3 aromatic rings. The van der Waals surface area contributed by atoms with Crippen LogP contribution in [0, 0.1) is 6.92 Å². The van der Waals surface area contributed by atoms with Gasteiger partial charge in [0.2, 0.25) is 10.0 Å². The van der Waals surface area contributed by atoms with E-state index in [-0.39, 0.29) is 17.0 Å². The Labute approximate surface area is 160 Å². The average Bonchev–Trinajstić information content (AvgIpc) is 2.87. The smallest absolute Gasteiger partial charge is 0.408 e. The normalized spacial score (nSPS) is 12.0. The molecule has 0 amide bonds. The SMILES string of the molecule is CCn1c(=O)oc2cc(S(=O)(=O)NCc3ccc(Cl)cc3Cl)c(C)cc21. The second kappa shape index (κ2) is 7.08. The molecule has 0 atom stereocenters. The first kappa shape index (κ1) is 19.0. The van der Waals surface area contributed by atoms with Crippen LogP contribution in [0.5, 0.6) is 0 Å². The lowest BCUT2D eigenvalue weighted by Gasteiger charge is -2.11. The standard InChI is InChI=1S/C17H16Cl2N2O4S/c1-3-21-14-6-10(2)16(8-15(14)25-17(21)22)26(23,24)20-9-11-4-5-12(18)7-13(11)19/h4-8,20H,3,9H2,1-2H3. The third-order valence-electron chi connectivity index (χ3n) is 4.04. The van der Waals surface area contributed by atoms with E-state index in [2.05, 4.69) is 4.72 Å². The number of hydrogen-bond donors (Lipinski definition) is 1. The molecule has 1 N–H and O–H groups in total. The predicted molar refractivity (Wildman–Crippen MR) is 101 cm³/mol. The summed E-state index contributed by atoms with van der Waals surface area (Å²) in [6.07, 6.45) is 0. The highest BCUT2D eigenvalue weighted by Crippen LogP contribution is 2.24. The Kier molecular flexibility index (Phi) is 5.16. The van der Waals surface area contributed by atoms with Crippen molar-refractivity contribution >= 4 is 44.3 Å². The van der Waals surface area contributed by atoms with Gasteiger partial charge in [-0.2, -0.15) is 0 Å². The monoisotopic (exact) mass is 414 g/mol. The van der Waals surface area contributed by atoms with Gasteiger partial charge in [-0.05, 0) is 43.2 Å². The topological polar surface area (TPSA) is 81.3 Å². The molecule has 0 fully saturated rings. The molecule has 0 radical (unpaired) electrons. The molecule has 0 aliphatic heterocycles. The molecule has 0 aliphatic rings. The van der Waals surface area contributed by atoms with Gasteiger partial charge in [0, 0.05) is 29.2 Å². The van der Waals surface area contributed by atoms with Crippen LogP contribution >= 0.6 is 23.2 Å². The summed E-state index contributed by atoms with van der Waals surface area (Å²) in [6.45, 7) is 3.93. The van der Waals surface area contributed by atoms with Crippen molar-refractivity contribution in [2.75, 3.05) is 0 Å². The number of benzene rings is 2. The fourth-order valence-electron chi connectivity index (χ4n) is 2.70. The van der Waals surface area contributed by atoms with E-state index in [9.17, 15) is 13.2 Å². The summed E-state index contributed by atoms with van der Waals surface area (Å²) in [5.74, 6) is -0.516. The van der Waals surface area contributed by atoms with Crippen molar-refractivity contribution in [2.24, 2.45) is 0 Å².